The Kier molecular flexibility index (Phi) is 8.05. The Bertz CT molecular complexity index is 2600. The fourth-order valence-corrected chi connectivity index (χ4v) is 8.99. The summed E-state index contributed by atoms with van der Waals surface area (Å²) in [5.74, 6) is 0.538. The molecule has 1 aromatic heterocycles. The fourth-order valence-electron chi connectivity index (χ4n) is 8.76. The van der Waals surface area contributed by atoms with Gasteiger partial charge in [0.2, 0.25) is 0 Å². The molecule has 52 heavy (non-hydrogen) atoms. The summed E-state index contributed by atoms with van der Waals surface area (Å²) in [5.41, 5.74) is 11.6. The minimum atomic E-state index is -0.0916. The highest BCUT2D eigenvalue weighted by molar-refractivity contribution is 7.80. The second-order valence-corrected chi connectivity index (χ2v) is 15.1. The van der Waals surface area contributed by atoms with Gasteiger partial charge in [0, 0.05) is 44.2 Å². The maximum Gasteiger partial charge on any atom is 0.140 e. The van der Waals surface area contributed by atoms with Gasteiger partial charge in [0.15, 0.2) is 0 Å². The van der Waals surface area contributed by atoms with Crippen molar-refractivity contribution < 1.29 is 4.42 Å². The minimum absolute atomic E-state index is 0.0916. The van der Waals surface area contributed by atoms with Gasteiger partial charge in [-0.2, -0.15) is 0 Å². The number of allylic oxidation sites excluding steroid dienone is 8. The third-order valence-electron chi connectivity index (χ3n) is 11.2. The van der Waals surface area contributed by atoms with E-state index in [-0.39, 0.29) is 11.3 Å². The van der Waals surface area contributed by atoms with Gasteiger partial charge < -0.3 is 9.32 Å². The van der Waals surface area contributed by atoms with Crippen molar-refractivity contribution in [3.63, 3.8) is 0 Å². The number of anilines is 3. The molecule has 2 unspecified atom stereocenters. The first-order valence-electron chi connectivity index (χ1n) is 18.3. The lowest BCUT2D eigenvalue weighted by molar-refractivity contribution is 0.397. The van der Waals surface area contributed by atoms with E-state index in [4.69, 9.17) is 17.0 Å². The van der Waals surface area contributed by atoms with Crippen molar-refractivity contribution in [1.29, 1.82) is 0 Å². The first-order valence-corrected chi connectivity index (χ1v) is 18.7. The summed E-state index contributed by atoms with van der Waals surface area (Å²) in [5, 5.41) is 4.90. The minimum Gasteiger partial charge on any atom is -0.456 e. The maximum atomic E-state index is 7.01. The molecule has 0 saturated heterocycles. The van der Waals surface area contributed by atoms with E-state index in [1.165, 1.54) is 44.0 Å². The Morgan fingerprint density at radius 1 is 0.750 bits per heavy atom. The van der Waals surface area contributed by atoms with E-state index in [0.29, 0.717) is 5.92 Å². The Morgan fingerprint density at radius 3 is 2.25 bits per heavy atom. The number of thiol groups is 1. The van der Waals surface area contributed by atoms with E-state index >= 15 is 0 Å². The summed E-state index contributed by atoms with van der Waals surface area (Å²) >= 11 is 4.84. The molecule has 0 N–H and O–H groups in total. The van der Waals surface area contributed by atoms with Gasteiger partial charge in [-0.15, -0.1) is 12.6 Å². The summed E-state index contributed by atoms with van der Waals surface area (Å²) < 4.78 is 7.01. The molecule has 0 bridgehead atoms. The lowest BCUT2D eigenvalue weighted by Gasteiger charge is -2.31. The van der Waals surface area contributed by atoms with Crippen LogP contribution in [-0.4, -0.2) is 0 Å². The van der Waals surface area contributed by atoms with Gasteiger partial charge in [-0.1, -0.05) is 129 Å². The average molecular weight is 692 g/mol. The van der Waals surface area contributed by atoms with E-state index in [1.54, 1.807) is 0 Å². The van der Waals surface area contributed by atoms with Gasteiger partial charge in [0.25, 0.3) is 0 Å². The zero-order valence-corrected chi connectivity index (χ0v) is 30.6. The third kappa shape index (κ3) is 5.26. The van der Waals surface area contributed by atoms with Crippen LogP contribution in [0.3, 0.4) is 0 Å². The molecule has 1 heterocycles. The molecular weight excluding hydrogens is 651 g/mol. The molecule has 0 radical (unpaired) electrons. The smallest absolute Gasteiger partial charge is 0.140 e. The molecule has 2 nitrogen and oxygen atoms in total. The van der Waals surface area contributed by atoms with Crippen LogP contribution in [0.2, 0.25) is 0 Å². The van der Waals surface area contributed by atoms with Crippen LogP contribution in [0.4, 0.5) is 17.1 Å². The highest BCUT2D eigenvalue weighted by Crippen LogP contribution is 2.59. The van der Waals surface area contributed by atoms with E-state index in [9.17, 15) is 0 Å². The Balaban J connectivity index is 1.24. The molecule has 6 aromatic carbocycles. The predicted octanol–water partition coefficient (Wildman–Crippen LogP) is 13.8. The highest BCUT2D eigenvalue weighted by atomic mass is 32.1. The van der Waals surface area contributed by atoms with E-state index in [0.717, 1.165) is 44.9 Å². The maximum absolute atomic E-state index is 7.01. The van der Waals surface area contributed by atoms with Crippen LogP contribution < -0.4 is 4.90 Å². The monoisotopic (exact) mass is 691 g/mol. The molecule has 2 aliphatic carbocycles. The number of para-hydroxylation sites is 1. The number of nitrogens with zero attached hydrogens (tertiary/aromatic N) is 1. The molecule has 254 valence electrons. The Labute approximate surface area is 311 Å². The van der Waals surface area contributed by atoms with Crippen molar-refractivity contribution >= 4 is 68.0 Å². The van der Waals surface area contributed by atoms with Gasteiger partial charge in [-0.25, -0.2) is 0 Å². The van der Waals surface area contributed by atoms with Crippen LogP contribution in [0, 0.1) is 5.92 Å². The van der Waals surface area contributed by atoms with Crippen LogP contribution in [0.5, 0.6) is 0 Å². The second kappa shape index (κ2) is 12.9. The molecule has 0 spiro atoms. The molecule has 0 aliphatic heterocycles. The van der Waals surface area contributed by atoms with Crippen molar-refractivity contribution in [2.45, 2.75) is 43.4 Å². The van der Waals surface area contributed by atoms with Gasteiger partial charge in [0.1, 0.15) is 11.2 Å². The van der Waals surface area contributed by atoms with Crippen LogP contribution in [0.1, 0.15) is 48.9 Å². The Hall–Kier alpha value is -5.51. The lowest BCUT2D eigenvalue weighted by atomic mass is 9.72. The summed E-state index contributed by atoms with van der Waals surface area (Å²) in [6.07, 6.45) is 16.5. The molecule has 7 aromatic rings. The SMILES string of the molecule is C/C=C\C=C/Cc1cc(N(c2ccccc2)c2ccc3oc4c5c(c6ccccc6c4c3c2)C(C)(C)C2C=C(c3ccccc3)C=CC52)ccc1S. The van der Waals surface area contributed by atoms with Crippen LogP contribution >= 0.6 is 12.6 Å². The fraction of sp³-hybridized carbons (Fsp3) is 0.143. The zero-order chi connectivity index (χ0) is 35.4. The van der Waals surface area contributed by atoms with Crippen LogP contribution in [0.25, 0.3) is 38.3 Å². The van der Waals surface area contributed by atoms with Crippen molar-refractivity contribution in [2.75, 3.05) is 4.90 Å². The zero-order valence-electron chi connectivity index (χ0n) is 29.8. The molecule has 9 rings (SSSR count). The number of hydrogen-bond acceptors (Lipinski definition) is 3. The lowest BCUT2D eigenvalue weighted by Crippen LogP contribution is -2.25. The normalized spacial score (nSPS) is 17.7. The average Bonchev–Trinajstić information content (AvgIpc) is 3.67. The second-order valence-electron chi connectivity index (χ2n) is 14.6. The summed E-state index contributed by atoms with van der Waals surface area (Å²) in [4.78, 5) is 3.33. The standard InChI is InChI=1S/C49H41NOS/c1-4-5-6-9-18-34-29-36(25-28-44(34)52)50(35-19-12-8-13-20-35)37-24-27-43-41(31-37)45-38-21-14-15-22-39(38)47-46(48(45)51-43)40-26-23-33(30-42(40)49(47,2)3)32-16-10-7-11-17-32/h4-17,19-31,40,42,52H,18H2,1-3H3/b5-4-,9-6-. The number of fused-ring (bicyclic) bond motifs is 10. The van der Waals surface area contributed by atoms with E-state index in [2.05, 4.69) is 177 Å². The predicted molar refractivity (Wildman–Crippen MR) is 224 cm³/mol. The van der Waals surface area contributed by atoms with Crippen LogP contribution in [0.15, 0.2) is 173 Å². The molecule has 0 amide bonds. The van der Waals surface area contributed by atoms with Gasteiger partial charge in [0.05, 0.1) is 0 Å². The number of furan rings is 1. The molecule has 2 aliphatic rings. The molecule has 3 heteroatoms. The first kappa shape index (κ1) is 32.4. The topological polar surface area (TPSA) is 16.4 Å². The molecule has 0 fully saturated rings. The van der Waals surface area contributed by atoms with E-state index in [1.807, 2.05) is 13.0 Å². The quantitative estimate of drug-likeness (QED) is 0.132. The largest absolute Gasteiger partial charge is 0.456 e. The molecule has 0 saturated carbocycles. The van der Waals surface area contributed by atoms with Crippen molar-refractivity contribution in [1.82, 2.24) is 0 Å². The van der Waals surface area contributed by atoms with Crippen molar-refractivity contribution in [2.24, 2.45) is 5.92 Å². The molecule has 2 atom stereocenters. The van der Waals surface area contributed by atoms with Crippen molar-refractivity contribution in [3.8, 4) is 0 Å². The van der Waals surface area contributed by atoms with Gasteiger partial charge >= 0.3 is 0 Å². The number of rotatable bonds is 7. The van der Waals surface area contributed by atoms with Gasteiger partial charge in [-0.3, -0.25) is 0 Å². The number of hydrogen-bond donors (Lipinski definition) is 1. The third-order valence-corrected chi connectivity index (χ3v) is 11.6. The summed E-state index contributed by atoms with van der Waals surface area (Å²) in [6, 6.07) is 43.6. The highest BCUT2D eigenvalue weighted by Gasteiger charge is 2.48. The van der Waals surface area contributed by atoms with E-state index < -0.39 is 0 Å². The van der Waals surface area contributed by atoms with Gasteiger partial charge in [-0.05, 0) is 106 Å². The first-order chi connectivity index (χ1) is 25.4. The summed E-state index contributed by atoms with van der Waals surface area (Å²) in [7, 11) is 0. The Morgan fingerprint density at radius 2 is 1.46 bits per heavy atom. The summed E-state index contributed by atoms with van der Waals surface area (Å²) in [6.45, 7) is 6.88. The van der Waals surface area contributed by atoms with Crippen molar-refractivity contribution in [3.05, 3.63) is 186 Å². The molecular formula is C49H41NOS. The number of benzene rings is 6. The van der Waals surface area contributed by atoms with Crippen LogP contribution in [-0.2, 0) is 11.8 Å².